The summed E-state index contributed by atoms with van der Waals surface area (Å²) in [6, 6.07) is 0. The first kappa shape index (κ1) is 57.8. The number of aliphatic hydroxyl groups excluding tert-OH is 13. The van der Waals surface area contributed by atoms with Crippen LogP contribution >= 0.6 is 0 Å². The minimum atomic E-state index is -1.89. The molecule has 75 heavy (non-hydrogen) atoms. The number of carbonyl (C=O) groups is 1. The molecule has 428 valence electrons. The van der Waals surface area contributed by atoms with Gasteiger partial charge in [-0.1, -0.05) is 51.5 Å². The van der Waals surface area contributed by atoms with Gasteiger partial charge in [-0.15, -0.1) is 0 Å². The van der Waals surface area contributed by atoms with E-state index in [1.54, 1.807) is 0 Å². The van der Waals surface area contributed by atoms with Crippen LogP contribution in [0, 0.1) is 50.7 Å². The Morgan fingerprint density at radius 1 is 0.680 bits per heavy atom. The van der Waals surface area contributed by atoms with Crippen LogP contribution in [0.5, 0.6) is 0 Å². The third-order valence-corrected chi connectivity index (χ3v) is 20.9. The van der Waals surface area contributed by atoms with Gasteiger partial charge in [0.1, 0.15) is 85.5 Å². The quantitative estimate of drug-likeness (QED) is 0.0593. The molecule has 4 heterocycles. The average Bonchev–Trinajstić information content (AvgIpc) is 3.88. The van der Waals surface area contributed by atoms with Crippen molar-refractivity contribution < 1.29 is 109 Å². The van der Waals surface area contributed by atoms with Crippen LogP contribution in [0.15, 0.2) is 23.8 Å². The molecule has 13 N–H and O–H groups in total. The first-order valence-electron chi connectivity index (χ1n) is 27.0. The molecule has 0 aromatic heterocycles. The number of allylic oxidation sites excluding steroid dienone is 3. The number of esters is 1. The van der Waals surface area contributed by atoms with Gasteiger partial charge in [0.15, 0.2) is 18.9 Å². The summed E-state index contributed by atoms with van der Waals surface area (Å²) in [5.74, 6) is -0.844. The van der Waals surface area contributed by atoms with Crippen molar-refractivity contribution in [3.8, 4) is 0 Å². The third kappa shape index (κ3) is 9.23. The molecule has 9 rings (SSSR count). The first-order valence-corrected chi connectivity index (χ1v) is 27.0. The Bertz CT molecular complexity index is 2100. The summed E-state index contributed by atoms with van der Waals surface area (Å²) in [5, 5.41) is 139. The van der Waals surface area contributed by atoms with Crippen LogP contribution in [-0.4, -0.2) is 222 Å². The van der Waals surface area contributed by atoms with Crippen LogP contribution in [0.25, 0.3) is 0 Å². The van der Waals surface area contributed by atoms with Gasteiger partial charge in [-0.2, -0.15) is 0 Å². The van der Waals surface area contributed by atoms with Gasteiger partial charge in [-0.05, 0) is 106 Å². The van der Waals surface area contributed by atoms with E-state index in [9.17, 15) is 66.4 Å². The summed E-state index contributed by atoms with van der Waals surface area (Å²) in [4.78, 5) is 15.1. The molecule has 0 bridgehead atoms. The summed E-state index contributed by atoms with van der Waals surface area (Å²) >= 11 is 0. The molecule has 4 aliphatic heterocycles. The van der Waals surface area contributed by atoms with Crippen molar-refractivity contribution in [2.75, 3.05) is 26.4 Å². The van der Waals surface area contributed by atoms with Crippen molar-refractivity contribution >= 4 is 5.97 Å². The third-order valence-electron chi connectivity index (χ3n) is 20.9. The van der Waals surface area contributed by atoms with Crippen molar-refractivity contribution in [3.05, 3.63) is 23.8 Å². The Balaban J connectivity index is 0.900. The molecule has 0 radical (unpaired) electrons. The molecule has 22 nitrogen and oxygen atoms in total. The molecule has 4 saturated carbocycles. The smallest absolute Gasteiger partial charge is 0.315 e. The summed E-state index contributed by atoms with van der Waals surface area (Å²) in [7, 11) is 0. The van der Waals surface area contributed by atoms with E-state index >= 15 is 4.79 Å². The van der Waals surface area contributed by atoms with Gasteiger partial charge in [0, 0.05) is 11.3 Å². The first-order chi connectivity index (χ1) is 35.2. The molecule has 8 fully saturated rings. The Labute approximate surface area is 437 Å². The molecular weight excluding hydrogens is 989 g/mol. The Hall–Kier alpha value is -1.85. The molecule has 0 aromatic rings. The highest BCUT2D eigenvalue weighted by molar-refractivity contribution is 5.79. The van der Waals surface area contributed by atoms with Crippen molar-refractivity contribution in [1.29, 1.82) is 0 Å². The van der Waals surface area contributed by atoms with Gasteiger partial charge in [-0.25, -0.2) is 0 Å². The van der Waals surface area contributed by atoms with E-state index < -0.39 is 153 Å². The SMILES string of the molecule is C=C(C)[C@@H]1CC[C@]2(C(=O)O[C@@H]3O[C@H](CO[C@@H]4O[C@H](CO)[C@@H](O[C@@H]5O[C@@H](C)[C@H](O)[C@@H](O)[C@H]5O)[C@H](O)[C@H]4O)[C@@H](O)[C@H](O)[C@H]3O)CC[C@]3(C)C(=CC[C@@H]4[C@@]5(C)CC[C@H](O[C@@H]6OC[C@H](O)[C@H](O)[C@H]6O)[C@@](C)(CO)[C@@H]5CC[C@]43C)[C@H]12. The van der Waals surface area contributed by atoms with Crippen LogP contribution in [0.4, 0.5) is 0 Å². The Morgan fingerprint density at radius 3 is 2.01 bits per heavy atom. The predicted octanol–water partition coefficient (Wildman–Crippen LogP) is -1.62. The second-order valence-corrected chi connectivity index (χ2v) is 24.7. The van der Waals surface area contributed by atoms with Crippen molar-refractivity contribution in [3.63, 3.8) is 0 Å². The summed E-state index contributed by atoms with van der Waals surface area (Å²) in [6.45, 7) is 15.1. The number of hydrogen-bond acceptors (Lipinski definition) is 22. The van der Waals surface area contributed by atoms with E-state index in [1.807, 2.05) is 13.8 Å². The summed E-state index contributed by atoms with van der Waals surface area (Å²) in [5.41, 5.74) is -0.586. The van der Waals surface area contributed by atoms with Crippen LogP contribution in [0.3, 0.4) is 0 Å². The van der Waals surface area contributed by atoms with Crippen LogP contribution in [0.1, 0.15) is 99.3 Å². The molecule has 0 spiro atoms. The second kappa shape index (κ2) is 21.2. The zero-order valence-corrected chi connectivity index (χ0v) is 43.8. The lowest BCUT2D eigenvalue weighted by atomic mass is 9.34. The van der Waals surface area contributed by atoms with Crippen molar-refractivity contribution in [1.82, 2.24) is 0 Å². The molecule has 22 heteroatoms. The molecule has 9 aliphatic rings. The number of hydrogen-bond donors (Lipinski definition) is 13. The zero-order chi connectivity index (χ0) is 54.6. The fraction of sp³-hybridized carbons (Fsp3) is 0.906. The standard InChI is InChI=1S/C53H84O22/c1-22(2)24-10-15-53(48(67)75-47-41(65)37(61)35(59)28(72-47)20-69-44-42(66)38(62)43(27(18-54)71-44)74-46-40(64)36(60)33(57)23(3)70-46)17-16-51(6)25(32(24)53)8-9-30-49(4)13-12-31(73-45-39(63)34(58)26(56)19-68-45)50(5,21-55)29(49)11-14-52(30,51)7/h8,23-24,26-47,54-66H,1,9-21H2,2-7H3/t23-,24-,26-,27+,28+,29+,30+,31-,32-,33-,34-,35+,36+,37-,38+,39+,40+,41+,42+,43+,44+,45-,46-,47-,49-,50-,51+,52+,53-/m0/s1. The number of rotatable bonds is 12. The topological polar surface area (TPSA) is 354 Å². The largest absolute Gasteiger partial charge is 0.432 e. The van der Waals surface area contributed by atoms with Gasteiger partial charge in [0.2, 0.25) is 6.29 Å². The molecule has 5 aliphatic carbocycles. The van der Waals surface area contributed by atoms with Crippen LogP contribution < -0.4 is 0 Å². The Kier molecular flexibility index (Phi) is 16.4. The minimum absolute atomic E-state index is 0.0190. The molecule has 4 saturated heterocycles. The number of aliphatic hydroxyl groups is 13. The number of carbonyl (C=O) groups excluding carboxylic acids is 1. The van der Waals surface area contributed by atoms with E-state index in [2.05, 4.69) is 33.4 Å². The monoisotopic (exact) mass is 1070 g/mol. The van der Waals surface area contributed by atoms with Gasteiger partial charge in [0.25, 0.3) is 0 Å². The maximum absolute atomic E-state index is 15.1. The fourth-order valence-corrected chi connectivity index (χ4v) is 16.2. The highest BCUT2D eigenvalue weighted by Gasteiger charge is 2.71. The normalized spacial score (nSPS) is 54.9. The number of fused-ring (bicyclic) bond motifs is 7. The fourth-order valence-electron chi connectivity index (χ4n) is 16.2. The maximum atomic E-state index is 15.1. The lowest BCUT2D eigenvalue weighted by Gasteiger charge is -2.71. The highest BCUT2D eigenvalue weighted by atomic mass is 16.8. The van der Waals surface area contributed by atoms with E-state index in [0.29, 0.717) is 38.5 Å². The molecule has 0 amide bonds. The number of ether oxygens (including phenoxy) is 8. The van der Waals surface area contributed by atoms with Gasteiger partial charge in [0.05, 0.1) is 44.1 Å². The van der Waals surface area contributed by atoms with Gasteiger partial charge >= 0.3 is 5.97 Å². The maximum Gasteiger partial charge on any atom is 0.315 e. The molecular formula is C53H84O22. The van der Waals surface area contributed by atoms with E-state index in [4.69, 9.17) is 37.9 Å². The second-order valence-electron chi connectivity index (χ2n) is 24.7. The molecule has 29 atom stereocenters. The zero-order valence-electron chi connectivity index (χ0n) is 43.8. The van der Waals surface area contributed by atoms with Crippen LogP contribution in [-0.2, 0) is 42.7 Å². The molecule has 0 unspecified atom stereocenters. The summed E-state index contributed by atoms with van der Waals surface area (Å²) < 4.78 is 46.9. The van der Waals surface area contributed by atoms with Crippen LogP contribution in [0.2, 0.25) is 0 Å². The van der Waals surface area contributed by atoms with E-state index in [1.165, 1.54) is 12.5 Å². The minimum Gasteiger partial charge on any atom is -0.432 e. The molecule has 0 aromatic carbocycles. The van der Waals surface area contributed by atoms with E-state index in [0.717, 1.165) is 24.8 Å². The lowest BCUT2D eigenvalue weighted by Crippen LogP contribution is -2.66. The van der Waals surface area contributed by atoms with Gasteiger partial charge < -0.3 is 104 Å². The average molecular weight is 1070 g/mol. The lowest BCUT2D eigenvalue weighted by molar-refractivity contribution is -0.361. The Morgan fingerprint density at radius 2 is 1.33 bits per heavy atom. The van der Waals surface area contributed by atoms with Crippen molar-refractivity contribution in [2.24, 2.45) is 50.7 Å². The van der Waals surface area contributed by atoms with Gasteiger partial charge in [-0.3, -0.25) is 4.79 Å². The van der Waals surface area contributed by atoms with Crippen molar-refractivity contribution in [2.45, 2.75) is 222 Å². The predicted molar refractivity (Wildman–Crippen MR) is 257 cm³/mol. The summed E-state index contributed by atoms with van der Waals surface area (Å²) in [6.07, 6.45) is -22.2. The van der Waals surface area contributed by atoms with E-state index in [-0.39, 0.29) is 53.1 Å². The highest BCUT2D eigenvalue weighted by Crippen LogP contribution is 2.76.